The molecule has 112 valence electrons. The van der Waals surface area contributed by atoms with Crippen LogP contribution in [0.15, 0.2) is 59.3 Å². The van der Waals surface area contributed by atoms with Crippen LogP contribution < -0.4 is 4.90 Å². The van der Waals surface area contributed by atoms with Gasteiger partial charge in [0.2, 0.25) is 0 Å². The number of thioether (sulfide) groups is 1. The first-order valence-electron chi connectivity index (χ1n) is 6.89. The zero-order valence-electron chi connectivity index (χ0n) is 12.2. The van der Waals surface area contributed by atoms with Crippen LogP contribution in [0.5, 0.6) is 0 Å². The van der Waals surface area contributed by atoms with E-state index >= 15 is 0 Å². The van der Waals surface area contributed by atoms with Gasteiger partial charge in [0.1, 0.15) is 15.9 Å². The number of rotatable bonds is 6. The molecular weight excluding hydrogens is 312 g/mol. The van der Waals surface area contributed by atoms with E-state index in [0.29, 0.717) is 0 Å². The smallest absolute Gasteiger partial charge is 0.148 e. The number of aromatic nitrogens is 3. The topological polar surface area (TPSA) is 41.9 Å². The molecule has 4 nitrogen and oxygen atoms in total. The molecule has 0 bridgehead atoms. The van der Waals surface area contributed by atoms with Crippen LogP contribution in [0.4, 0.5) is 5.82 Å². The molecule has 0 aliphatic rings. The molecular formula is C16H16N4S2. The first-order valence-corrected chi connectivity index (χ1v) is 8.76. The van der Waals surface area contributed by atoms with Crippen molar-refractivity contribution in [2.45, 2.75) is 17.3 Å². The fraction of sp³-hybridized carbons (Fsp3) is 0.188. The fourth-order valence-electron chi connectivity index (χ4n) is 1.94. The Morgan fingerprint density at radius 3 is 2.82 bits per heavy atom. The predicted molar refractivity (Wildman–Crippen MR) is 92.3 cm³/mol. The summed E-state index contributed by atoms with van der Waals surface area (Å²) in [5.41, 5.74) is 1.29. The number of benzene rings is 1. The van der Waals surface area contributed by atoms with Crippen molar-refractivity contribution >= 4 is 28.9 Å². The maximum atomic E-state index is 4.67. The van der Waals surface area contributed by atoms with E-state index in [0.717, 1.165) is 28.1 Å². The molecule has 0 aliphatic carbocycles. The van der Waals surface area contributed by atoms with Crippen molar-refractivity contribution in [2.24, 2.45) is 0 Å². The molecule has 0 saturated carbocycles. The van der Waals surface area contributed by atoms with Crippen LogP contribution in [0.3, 0.4) is 0 Å². The van der Waals surface area contributed by atoms with Crippen LogP contribution in [0.2, 0.25) is 0 Å². The summed E-state index contributed by atoms with van der Waals surface area (Å²) in [6.07, 6.45) is 5.43. The van der Waals surface area contributed by atoms with Gasteiger partial charge in [-0.05, 0) is 5.56 Å². The first kappa shape index (κ1) is 15.0. The maximum Gasteiger partial charge on any atom is 0.148 e. The molecule has 0 atom stereocenters. The van der Waals surface area contributed by atoms with E-state index in [2.05, 4.69) is 44.1 Å². The summed E-state index contributed by atoms with van der Waals surface area (Å²) in [5, 5.41) is 4.00. The van der Waals surface area contributed by atoms with E-state index in [4.69, 9.17) is 0 Å². The Morgan fingerprint density at radius 1 is 1.18 bits per heavy atom. The second kappa shape index (κ2) is 7.38. The number of nitrogens with zero attached hydrogens (tertiary/aromatic N) is 4. The minimum absolute atomic E-state index is 0.749. The van der Waals surface area contributed by atoms with Crippen molar-refractivity contribution in [3.63, 3.8) is 0 Å². The summed E-state index contributed by atoms with van der Waals surface area (Å²) in [6.45, 7) is 0.749. The van der Waals surface area contributed by atoms with Gasteiger partial charge in [0.25, 0.3) is 0 Å². The normalized spacial score (nSPS) is 10.6. The standard InChI is InChI=1S/C16H16N4S2/c1-20(11-16-18-7-8-21-16)14-9-17-10-15(19-14)22-12-13-5-3-2-4-6-13/h2-10H,11-12H2,1H3. The van der Waals surface area contributed by atoms with Crippen molar-refractivity contribution in [3.8, 4) is 0 Å². The van der Waals surface area contributed by atoms with Crippen molar-refractivity contribution in [3.05, 3.63) is 64.9 Å². The molecule has 0 unspecified atom stereocenters. The summed E-state index contributed by atoms with van der Waals surface area (Å²) in [5.74, 6) is 1.77. The summed E-state index contributed by atoms with van der Waals surface area (Å²) in [4.78, 5) is 15.3. The molecule has 0 amide bonds. The van der Waals surface area contributed by atoms with Gasteiger partial charge in [-0.1, -0.05) is 30.3 Å². The summed E-state index contributed by atoms with van der Waals surface area (Å²) < 4.78 is 0. The third-order valence-corrected chi connectivity index (χ3v) is 4.81. The number of thiazole rings is 1. The third-order valence-electron chi connectivity index (χ3n) is 3.08. The van der Waals surface area contributed by atoms with Crippen molar-refractivity contribution in [1.29, 1.82) is 0 Å². The molecule has 1 aromatic carbocycles. The van der Waals surface area contributed by atoms with Gasteiger partial charge in [0.15, 0.2) is 0 Å². The van der Waals surface area contributed by atoms with Crippen LogP contribution in [0.1, 0.15) is 10.6 Å². The quantitative estimate of drug-likeness (QED) is 0.643. The lowest BCUT2D eigenvalue weighted by atomic mass is 10.2. The largest absolute Gasteiger partial charge is 0.352 e. The zero-order valence-corrected chi connectivity index (χ0v) is 13.8. The van der Waals surface area contributed by atoms with Crippen LogP contribution in [-0.2, 0) is 12.3 Å². The highest BCUT2D eigenvalue weighted by molar-refractivity contribution is 7.98. The van der Waals surface area contributed by atoms with E-state index in [9.17, 15) is 0 Å². The molecule has 3 aromatic rings. The lowest BCUT2D eigenvalue weighted by molar-refractivity contribution is 0.862. The van der Waals surface area contributed by atoms with Gasteiger partial charge in [-0.25, -0.2) is 9.97 Å². The van der Waals surface area contributed by atoms with Gasteiger partial charge in [-0.15, -0.1) is 23.1 Å². The number of hydrogen-bond acceptors (Lipinski definition) is 6. The van der Waals surface area contributed by atoms with Crippen LogP contribution >= 0.6 is 23.1 Å². The van der Waals surface area contributed by atoms with E-state index in [1.165, 1.54) is 5.56 Å². The molecule has 22 heavy (non-hydrogen) atoms. The molecule has 0 spiro atoms. The highest BCUT2D eigenvalue weighted by atomic mass is 32.2. The minimum Gasteiger partial charge on any atom is -0.352 e. The molecule has 0 radical (unpaired) electrons. The highest BCUT2D eigenvalue weighted by Crippen LogP contribution is 2.22. The van der Waals surface area contributed by atoms with Gasteiger partial charge >= 0.3 is 0 Å². The molecule has 0 fully saturated rings. The van der Waals surface area contributed by atoms with Crippen LogP contribution in [-0.4, -0.2) is 22.0 Å². The Hall–Kier alpha value is -1.92. The van der Waals surface area contributed by atoms with E-state index in [1.54, 1.807) is 29.3 Å². The lowest BCUT2D eigenvalue weighted by Gasteiger charge is -2.16. The average Bonchev–Trinajstić information content (AvgIpc) is 3.07. The Labute approximate surface area is 138 Å². The second-order valence-electron chi connectivity index (χ2n) is 4.77. The minimum atomic E-state index is 0.749. The zero-order chi connectivity index (χ0) is 15.2. The summed E-state index contributed by atoms with van der Waals surface area (Å²) in [7, 11) is 2.01. The molecule has 6 heteroatoms. The number of hydrogen-bond donors (Lipinski definition) is 0. The van der Waals surface area contributed by atoms with E-state index in [-0.39, 0.29) is 0 Å². The van der Waals surface area contributed by atoms with Crippen LogP contribution in [0.25, 0.3) is 0 Å². The van der Waals surface area contributed by atoms with E-state index < -0.39 is 0 Å². The van der Waals surface area contributed by atoms with Gasteiger partial charge in [0, 0.05) is 24.4 Å². The Bertz CT molecular complexity index is 701. The SMILES string of the molecule is CN(Cc1nccs1)c1cncc(SCc2ccccc2)n1. The monoisotopic (exact) mass is 328 g/mol. The summed E-state index contributed by atoms with van der Waals surface area (Å²) in [6, 6.07) is 10.4. The molecule has 3 rings (SSSR count). The molecule has 0 saturated heterocycles. The van der Waals surface area contributed by atoms with Crippen molar-refractivity contribution in [2.75, 3.05) is 11.9 Å². The first-order chi connectivity index (χ1) is 10.8. The van der Waals surface area contributed by atoms with Crippen molar-refractivity contribution in [1.82, 2.24) is 15.0 Å². The van der Waals surface area contributed by atoms with E-state index in [1.807, 2.05) is 30.9 Å². The number of anilines is 1. The van der Waals surface area contributed by atoms with Gasteiger partial charge in [-0.3, -0.25) is 4.98 Å². The van der Waals surface area contributed by atoms with Gasteiger partial charge in [-0.2, -0.15) is 0 Å². The van der Waals surface area contributed by atoms with Gasteiger partial charge < -0.3 is 4.90 Å². The van der Waals surface area contributed by atoms with Crippen LogP contribution in [0, 0.1) is 0 Å². The Kier molecular flexibility index (Phi) is 5.03. The molecule has 0 N–H and O–H groups in total. The highest BCUT2D eigenvalue weighted by Gasteiger charge is 2.07. The fourth-order valence-corrected chi connectivity index (χ4v) is 3.41. The molecule has 2 heterocycles. The Morgan fingerprint density at radius 2 is 2.05 bits per heavy atom. The van der Waals surface area contributed by atoms with Gasteiger partial charge in [0.05, 0.1) is 18.9 Å². The lowest BCUT2D eigenvalue weighted by Crippen LogP contribution is -2.17. The second-order valence-corrected chi connectivity index (χ2v) is 6.75. The summed E-state index contributed by atoms with van der Waals surface area (Å²) >= 11 is 3.35. The average molecular weight is 328 g/mol. The third kappa shape index (κ3) is 4.05. The maximum absolute atomic E-state index is 4.67. The molecule has 2 aromatic heterocycles. The van der Waals surface area contributed by atoms with Crippen molar-refractivity contribution < 1.29 is 0 Å². The predicted octanol–water partition coefficient (Wildman–Crippen LogP) is 3.86. The molecule has 0 aliphatic heterocycles. The Balaban J connectivity index is 1.64.